The summed E-state index contributed by atoms with van der Waals surface area (Å²) in [5.74, 6) is -0.605. The van der Waals surface area contributed by atoms with Gasteiger partial charge < -0.3 is 10.4 Å². The molecule has 2 rings (SSSR count). The van der Waals surface area contributed by atoms with Gasteiger partial charge in [-0.1, -0.05) is 30.9 Å². The fraction of sp³-hybridized carbons (Fsp3) is 0.533. The summed E-state index contributed by atoms with van der Waals surface area (Å²) in [6.07, 6.45) is 4.99. The van der Waals surface area contributed by atoms with Gasteiger partial charge in [-0.25, -0.2) is 4.39 Å². The van der Waals surface area contributed by atoms with Crippen molar-refractivity contribution < 1.29 is 14.3 Å². The Kier molecular flexibility index (Phi) is 5.38. The van der Waals surface area contributed by atoms with E-state index in [1.165, 1.54) is 18.6 Å². The van der Waals surface area contributed by atoms with Gasteiger partial charge in [-0.3, -0.25) is 4.79 Å². The molecule has 1 fully saturated rings. The standard InChI is InChI=1S/C15H19ClFNO2/c16-13-8-11(17)6-7-12(13)15(20)18-9-14(19)10-4-2-1-3-5-10/h6-8,10,14,19H,1-5,9H2,(H,18,20)/t14-/m0/s1. The van der Waals surface area contributed by atoms with Crippen LogP contribution in [0.3, 0.4) is 0 Å². The van der Waals surface area contributed by atoms with Crippen LogP contribution in [0.5, 0.6) is 0 Å². The summed E-state index contributed by atoms with van der Waals surface area (Å²) in [6.45, 7) is 0.206. The first-order valence-electron chi connectivity index (χ1n) is 6.99. The molecule has 1 saturated carbocycles. The van der Waals surface area contributed by atoms with E-state index in [4.69, 9.17) is 11.6 Å². The van der Waals surface area contributed by atoms with Gasteiger partial charge in [0.25, 0.3) is 5.91 Å². The Hall–Kier alpha value is -1.13. The number of carbonyl (C=O) groups excluding carboxylic acids is 1. The molecule has 3 nitrogen and oxygen atoms in total. The van der Waals surface area contributed by atoms with Crippen LogP contribution in [0, 0.1) is 11.7 Å². The first-order valence-corrected chi connectivity index (χ1v) is 7.37. The van der Waals surface area contributed by atoms with Crippen molar-refractivity contribution in [1.29, 1.82) is 0 Å². The van der Waals surface area contributed by atoms with Gasteiger partial charge in [0, 0.05) is 6.54 Å². The van der Waals surface area contributed by atoms with Crippen molar-refractivity contribution in [2.24, 2.45) is 5.92 Å². The zero-order chi connectivity index (χ0) is 14.5. The molecule has 1 aliphatic rings. The first-order chi connectivity index (χ1) is 9.58. The topological polar surface area (TPSA) is 49.3 Å². The van der Waals surface area contributed by atoms with Crippen molar-refractivity contribution in [3.8, 4) is 0 Å². The molecule has 1 aromatic rings. The van der Waals surface area contributed by atoms with Gasteiger partial charge in [-0.2, -0.15) is 0 Å². The highest BCUT2D eigenvalue weighted by Gasteiger charge is 2.22. The molecule has 110 valence electrons. The summed E-state index contributed by atoms with van der Waals surface area (Å²) in [4.78, 5) is 11.9. The molecule has 0 saturated heterocycles. The number of hydrogen-bond acceptors (Lipinski definition) is 2. The van der Waals surface area contributed by atoms with E-state index in [0.29, 0.717) is 0 Å². The van der Waals surface area contributed by atoms with Crippen LogP contribution >= 0.6 is 11.6 Å². The van der Waals surface area contributed by atoms with E-state index in [2.05, 4.69) is 5.32 Å². The Morgan fingerprint density at radius 1 is 1.40 bits per heavy atom. The maximum absolute atomic E-state index is 12.9. The zero-order valence-corrected chi connectivity index (χ0v) is 12.0. The van der Waals surface area contributed by atoms with Gasteiger partial charge in [0.2, 0.25) is 0 Å². The number of nitrogens with one attached hydrogen (secondary N) is 1. The third kappa shape index (κ3) is 3.93. The molecule has 1 aromatic carbocycles. The van der Waals surface area contributed by atoms with Crippen LogP contribution in [-0.4, -0.2) is 23.7 Å². The molecule has 0 heterocycles. The van der Waals surface area contributed by atoms with Crippen molar-refractivity contribution in [3.63, 3.8) is 0 Å². The molecule has 0 unspecified atom stereocenters. The fourth-order valence-corrected chi connectivity index (χ4v) is 2.90. The van der Waals surface area contributed by atoms with Crippen LogP contribution in [0.1, 0.15) is 42.5 Å². The molecular weight excluding hydrogens is 281 g/mol. The highest BCUT2D eigenvalue weighted by Crippen LogP contribution is 2.26. The van der Waals surface area contributed by atoms with Crippen LogP contribution in [0.4, 0.5) is 4.39 Å². The highest BCUT2D eigenvalue weighted by molar-refractivity contribution is 6.33. The van der Waals surface area contributed by atoms with Crippen molar-refractivity contribution in [2.45, 2.75) is 38.2 Å². The smallest absolute Gasteiger partial charge is 0.252 e. The molecule has 0 spiro atoms. The number of halogens is 2. The molecule has 1 aliphatic carbocycles. The average Bonchev–Trinajstić information content (AvgIpc) is 2.45. The Morgan fingerprint density at radius 3 is 2.75 bits per heavy atom. The number of rotatable bonds is 4. The van der Waals surface area contributed by atoms with Gasteiger partial charge >= 0.3 is 0 Å². The number of amides is 1. The minimum Gasteiger partial charge on any atom is -0.391 e. The highest BCUT2D eigenvalue weighted by atomic mass is 35.5. The molecule has 1 amide bonds. The summed E-state index contributed by atoms with van der Waals surface area (Å²) in [7, 11) is 0. The van der Waals surface area contributed by atoms with Crippen LogP contribution in [0.2, 0.25) is 5.02 Å². The Bertz CT molecular complexity index is 475. The summed E-state index contributed by atoms with van der Waals surface area (Å²) < 4.78 is 12.9. The SMILES string of the molecule is O=C(NC[C@H](O)C1CCCCC1)c1ccc(F)cc1Cl. The number of hydrogen-bond donors (Lipinski definition) is 2. The van der Waals surface area contributed by atoms with Crippen LogP contribution in [-0.2, 0) is 0 Å². The van der Waals surface area contributed by atoms with Gasteiger partial charge in [-0.15, -0.1) is 0 Å². The number of aliphatic hydroxyl groups is 1. The minimum atomic E-state index is -0.529. The van der Waals surface area contributed by atoms with E-state index in [1.807, 2.05) is 0 Å². The lowest BCUT2D eigenvalue weighted by Crippen LogP contribution is -2.37. The van der Waals surface area contributed by atoms with Crippen molar-refractivity contribution in [3.05, 3.63) is 34.6 Å². The van der Waals surface area contributed by atoms with Crippen LogP contribution in [0.15, 0.2) is 18.2 Å². The first kappa shape index (κ1) is 15.3. The molecule has 0 aromatic heterocycles. The second kappa shape index (κ2) is 7.04. The van der Waals surface area contributed by atoms with E-state index in [0.717, 1.165) is 31.7 Å². The Labute approximate surface area is 123 Å². The largest absolute Gasteiger partial charge is 0.391 e. The van der Waals surface area contributed by atoms with Crippen LogP contribution < -0.4 is 5.32 Å². The van der Waals surface area contributed by atoms with E-state index < -0.39 is 11.9 Å². The fourth-order valence-electron chi connectivity index (χ4n) is 2.65. The summed E-state index contributed by atoms with van der Waals surface area (Å²) in [5, 5.41) is 12.8. The van der Waals surface area contributed by atoms with Crippen molar-refractivity contribution in [2.75, 3.05) is 6.54 Å². The number of aliphatic hydroxyl groups excluding tert-OH is 1. The van der Waals surface area contributed by atoms with Gasteiger partial charge in [-0.05, 0) is 37.0 Å². The van der Waals surface area contributed by atoms with Gasteiger partial charge in [0.05, 0.1) is 16.7 Å². The van der Waals surface area contributed by atoms with Gasteiger partial charge in [0.1, 0.15) is 5.82 Å². The molecule has 0 radical (unpaired) electrons. The van der Waals surface area contributed by atoms with E-state index in [-0.39, 0.29) is 29.0 Å². The second-order valence-corrected chi connectivity index (χ2v) is 5.71. The Morgan fingerprint density at radius 2 is 2.10 bits per heavy atom. The van der Waals surface area contributed by atoms with E-state index >= 15 is 0 Å². The predicted octanol–water partition coefficient (Wildman–Crippen LogP) is 3.15. The van der Waals surface area contributed by atoms with Gasteiger partial charge in [0.15, 0.2) is 0 Å². The number of benzene rings is 1. The van der Waals surface area contributed by atoms with E-state index in [9.17, 15) is 14.3 Å². The maximum Gasteiger partial charge on any atom is 0.252 e. The molecule has 20 heavy (non-hydrogen) atoms. The second-order valence-electron chi connectivity index (χ2n) is 5.30. The molecule has 0 bridgehead atoms. The van der Waals surface area contributed by atoms with Crippen LogP contribution in [0.25, 0.3) is 0 Å². The molecule has 2 N–H and O–H groups in total. The molecular formula is C15H19ClFNO2. The monoisotopic (exact) mass is 299 g/mol. The summed E-state index contributed by atoms with van der Waals surface area (Å²) in [6, 6.07) is 3.65. The zero-order valence-electron chi connectivity index (χ0n) is 11.2. The van der Waals surface area contributed by atoms with Crippen molar-refractivity contribution in [1.82, 2.24) is 5.32 Å². The quantitative estimate of drug-likeness (QED) is 0.897. The molecule has 1 atom stereocenters. The molecule has 0 aliphatic heterocycles. The number of carbonyl (C=O) groups is 1. The lowest BCUT2D eigenvalue weighted by molar-refractivity contribution is 0.0738. The third-order valence-electron chi connectivity index (χ3n) is 3.84. The third-order valence-corrected chi connectivity index (χ3v) is 4.15. The Balaban J connectivity index is 1.88. The average molecular weight is 300 g/mol. The lowest BCUT2D eigenvalue weighted by atomic mass is 9.85. The summed E-state index contributed by atoms with van der Waals surface area (Å²) >= 11 is 5.83. The van der Waals surface area contributed by atoms with E-state index in [1.54, 1.807) is 0 Å². The molecule has 5 heteroatoms. The summed E-state index contributed by atoms with van der Waals surface area (Å²) in [5.41, 5.74) is 0.226. The lowest BCUT2D eigenvalue weighted by Gasteiger charge is -2.26. The maximum atomic E-state index is 12.9. The normalized spacial score (nSPS) is 17.8. The minimum absolute atomic E-state index is 0.0784. The van der Waals surface area contributed by atoms with Crippen molar-refractivity contribution >= 4 is 17.5 Å². The predicted molar refractivity (Wildman–Crippen MR) is 76.3 cm³/mol.